The normalized spacial score (nSPS) is 18.2. The second kappa shape index (κ2) is 3.28. The van der Waals surface area contributed by atoms with Crippen LogP contribution in [0.4, 0.5) is 10.9 Å². The fourth-order valence-electron chi connectivity index (χ4n) is 1.28. The molecule has 1 saturated heterocycles. The van der Waals surface area contributed by atoms with Gasteiger partial charge in [-0.3, -0.25) is 0 Å². The second-order valence-electron chi connectivity index (χ2n) is 2.79. The first-order valence-electron chi connectivity index (χ1n) is 4.03. The van der Waals surface area contributed by atoms with Gasteiger partial charge in [-0.15, -0.1) is 11.3 Å². The van der Waals surface area contributed by atoms with Crippen LogP contribution in [-0.2, 0) is 0 Å². The van der Waals surface area contributed by atoms with E-state index in [0.717, 1.165) is 31.3 Å². The number of hydrogen-bond donors (Lipinski definition) is 2. The topological polar surface area (TPSA) is 54.2 Å². The number of nitrogens with two attached hydrogens (primary N) is 1. The molecule has 1 aromatic rings. The zero-order chi connectivity index (χ0) is 8.39. The number of thiazole rings is 1. The molecule has 5 heteroatoms. The Morgan fingerprint density at radius 3 is 2.83 bits per heavy atom. The number of rotatable bonds is 1. The Kier molecular flexibility index (Phi) is 2.14. The highest BCUT2D eigenvalue weighted by atomic mass is 32.1. The van der Waals surface area contributed by atoms with Crippen LogP contribution in [0, 0.1) is 0 Å². The smallest absolute Gasteiger partial charge is 0.187 e. The largest absolute Gasteiger partial charge is 0.383 e. The van der Waals surface area contributed by atoms with Crippen LogP contribution in [0.3, 0.4) is 0 Å². The molecule has 0 saturated carbocycles. The van der Waals surface area contributed by atoms with E-state index in [9.17, 15) is 0 Å². The maximum atomic E-state index is 5.54. The van der Waals surface area contributed by atoms with Gasteiger partial charge in [-0.1, -0.05) is 0 Å². The zero-order valence-electron chi connectivity index (χ0n) is 6.79. The minimum absolute atomic E-state index is 0.633. The third kappa shape index (κ3) is 1.51. The molecule has 1 fully saturated rings. The van der Waals surface area contributed by atoms with Crippen molar-refractivity contribution >= 4 is 22.3 Å². The Morgan fingerprint density at radius 2 is 2.25 bits per heavy atom. The van der Waals surface area contributed by atoms with Crippen molar-refractivity contribution in [2.45, 2.75) is 0 Å². The molecule has 0 spiro atoms. The summed E-state index contributed by atoms with van der Waals surface area (Å²) in [6.45, 7) is 4.15. The lowest BCUT2D eigenvalue weighted by atomic mass is 10.4. The molecule has 1 aliphatic heterocycles. The van der Waals surface area contributed by atoms with Crippen molar-refractivity contribution in [3.63, 3.8) is 0 Å². The summed E-state index contributed by atoms with van der Waals surface area (Å²) in [7, 11) is 0. The lowest BCUT2D eigenvalue weighted by molar-refractivity contribution is 0.588. The summed E-state index contributed by atoms with van der Waals surface area (Å²) in [5.74, 6) is 0.633. The Labute approximate surface area is 75.4 Å². The molecule has 0 atom stereocenters. The molecule has 4 nitrogen and oxygen atoms in total. The van der Waals surface area contributed by atoms with Crippen LogP contribution in [-0.4, -0.2) is 31.2 Å². The fourth-order valence-corrected chi connectivity index (χ4v) is 2.05. The van der Waals surface area contributed by atoms with E-state index in [1.807, 2.05) is 5.38 Å². The highest BCUT2D eigenvalue weighted by molar-refractivity contribution is 7.14. The predicted octanol–water partition coefficient (Wildman–Crippen LogP) is 0.135. The number of hydrogen-bond acceptors (Lipinski definition) is 5. The maximum Gasteiger partial charge on any atom is 0.187 e. The van der Waals surface area contributed by atoms with Crippen molar-refractivity contribution in [2.24, 2.45) is 0 Å². The van der Waals surface area contributed by atoms with Gasteiger partial charge in [0.25, 0.3) is 0 Å². The van der Waals surface area contributed by atoms with Gasteiger partial charge in [-0.05, 0) is 0 Å². The van der Waals surface area contributed by atoms with Gasteiger partial charge in [0.2, 0.25) is 0 Å². The average Bonchev–Trinajstić information content (AvgIpc) is 2.54. The molecule has 3 N–H and O–H groups in total. The van der Waals surface area contributed by atoms with Gasteiger partial charge >= 0.3 is 0 Å². The highest BCUT2D eigenvalue weighted by Gasteiger charge is 2.12. The van der Waals surface area contributed by atoms with Gasteiger partial charge < -0.3 is 16.0 Å². The Bertz CT molecular complexity index is 254. The average molecular weight is 184 g/mol. The van der Waals surface area contributed by atoms with E-state index in [4.69, 9.17) is 5.73 Å². The van der Waals surface area contributed by atoms with E-state index in [2.05, 4.69) is 15.2 Å². The quantitative estimate of drug-likeness (QED) is 0.651. The van der Waals surface area contributed by atoms with E-state index in [-0.39, 0.29) is 0 Å². The van der Waals surface area contributed by atoms with E-state index < -0.39 is 0 Å². The van der Waals surface area contributed by atoms with Crippen LogP contribution in [0.5, 0.6) is 0 Å². The molecule has 66 valence electrons. The minimum atomic E-state index is 0.633. The molecule has 0 radical (unpaired) electrons. The first-order valence-corrected chi connectivity index (χ1v) is 4.91. The fraction of sp³-hybridized carbons (Fsp3) is 0.571. The Balaban J connectivity index is 2.08. The van der Waals surface area contributed by atoms with Crippen LogP contribution in [0.2, 0.25) is 0 Å². The monoisotopic (exact) mass is 184 g/mol. The molecule has 0 aromatic carbocycles. The molecular formula is C7H12N4S. The van der Waals surface area contributed by atoms with E-state index in [1.165, 1.54) is 0 Å². The number of nitrogen functional groups attached to an aromatic ring is 1. The van der Waals surface area contributed by atoms with Crippen molar-refractivity contribution in [2.75, 3.05) is 36.8 Å². The Hall–Kier alpha value is -0.810. The molecule has 0 amide bonds. The van der Waals surface area contributed by atoms with Crippen LogP contribution >= 0.6 is 11.3 Å². The van der Waals surface area contributed by atoms with Gasteiger partial charge in [-0.2, -0.15) is 0 Å². The molecule has 1 aliphatic rings. The third-order valence-corrected chi connectivity index (χ3v) is 2.82. The molecule has 0 bridgehead atoms. The van der Waals surface area contributed by atoms with Crippen molar-refractivity contribution < 1.29 is 0 Å². The number of piperazine rings is 1. The number of anilines is 2. The van der Waals surface area contributed by atoms with Gasteiger partial charge in [-0.25, -0.2) is 4.98 Å². The highest BCUT2D eigenvalue weighted by Crippen LogP contribution is 2.21. The summed E-state index contributed by atoms with van der Waals surface area (Å²) >= 11 is 1.62. The van der Waals surface area contributed by atoms with Crippen LogP contribution in [0.25, 0.3) is 0 Å². The third-order valence-electron chi connectivity index (χ3n) is 1.90. The zero-order valence-corrected chi connectivity index (χ0v) is 7.60. The molecular weight excluding hydrogens is 172 g/mol. The molecule has 0 aliphatic carbocycles. The summed E-state index contributed by atoms with van der Waals surface area (Å²) < 4.78 is 0. The van der Waals surface area contributed by atoms with Crippen LogP contribution < -0.4 is 16.0 Å². The molecule has 2 rings (SSSR count). The molecule has 0 unspecified atom stereocenters. The number of aromatic nitrogens is 1. The lowest BCUT2D eigenvalue weighted by Gasteiger charge is -2.26. The van der Waals surface area contributed by atoms with Crippen LogP contribution in [0.1, 0.15) is 0 Å². The number of nitrogens with zero attached hydrogens (tertiary/aromatic N) is 2. The lowest BCUT2D eigenvalue weighted by Crippen LogP contribution is -2.43. The van der Waals surface area contributed by atoms with Crippen molar-refractivity contribution in [1.82, 2.24) is 10.3 Å². The predicted molar refractivity (Wildman–Crippen MR) is 51.6 cm³/mol. The molecule has 12 heavy (non-hydrogen) atoms. The van der Waals surface area contributed by atoms with Crippen molar-refractivity contribution in [1.29, 1.82) is 0 Å². The molecule has 2 heterocycles. The minimum Gasteiger partial charge on any atom is -0.383 e. The van der Waals surface area contributed by atoms with Crippen molar-refractivity contribution in [3.05, 3.63) is 5.38 Å². The van der Waals surface area contributed by atoms with Crippen LogP contribution in [0.15, 0.2) is 5.38 Å². The summed E-state index contributed by atoms with van der Waals surface area (Å²) in [4.78, 5) is 6.49. The first-order chi connectivity index (χ1) is 5.86. The van der Waals surface area contributed by atoms with Gasteiger partial charge in [0.15, 0.2) is 5.13 Å². The standard InChI is InChI=1S/C7H12N4S/c8-6-5-12-7(10-6)11-3-1-9-2-4-11/h5,9H,1-4,8H2. The van der Waals surface area contributed by atoms with Gasteiger partial charge in [0, 0.05) is 31.6 Å². The first kappa shape index (κ1) is 7.82. The van der Waals surface area contributed by atoms with Crippen molar-refractivity contribution in [3.8, 4) is 0 Å². The molecule has 1 aromatic heterocycles. The van der Waals surface area contributed by atoms with E-state index >= 15 is 0 Å². The van der Waals surface area contributed by atoms with Gasteiger partial charge in [0.05, 0.1) is 0 Å². The van der Waals surface area contributed by atoms with E-state index in [1.54, 1.807) is 11.3 Å². The summed E-state index contributed by atoms with van der Waals surface area (Å²) in [5, 5.41) is 6.23. The second-order valence-corrected chi connectivity index (χ2v) is 3.63. The number of nitrogens with one attached hydrogen (secondary N) is 1. The van der Waals surface area contributed by atoms with E-state index in [0.29, 0.717) is 5.82 Å². The Morgan fingerprint density at radius 1 is 1.50 bits per heavy atom. The summed E-state index contributed by atoms with van der Waals surface area (Å²) in [5.41, 5.74) is 5.54. The SMILES string of the molecule is Nc1csc(N2CCNCC2)n1. The van der Waals surface area contributed by atoms with Gasteiger partial charge in [0.1, 0.15) is 5.82 Å². The summed E-state index contributed by atoms with van der Waals surface area (Å²) in [6, 6.07) is 0. The maximum absolute atomic E-state index is 5.54. The summed E-state index contributed by atoms with van der Waals surface area (Å²) in [6.07, 6.45) is 0.